The van der Waals surface area contributed by atoms with Gasteiger partial charge in [-0.25, -0.2) is 9.18 Å². The smallest absolute Gasteiger partial charge is 0.314 e. The predicted octanol–water partition coefficient (Wildman–Crippen LogP) is 2.22. The van der Waals surface area contributed by atoms with Crippen LogP contribution in [0.1, 0.15) is 32.3 Å². The van der Waals surface area contributed by atoms with Crippen LogP contribution in [0, 0.1) is 5.82 Å². The summed E-state index contributed by atoms with van der Waals surface area (Å²) < 4.78 is 13.3. The highest BCUT2D eigenvalue weighted by atomic mass is 19.1. The van der Waals surface area contributed by atoms with E-state index in [0.717, 1.165) is 0 Å². The Kier molecular flexibility index (Phi) is 6.45. The third kappa shape index (κ3) is 5.17. The molecule has 0 aliphatic rings. The van der Waals surface area contributed by atoms with Gasteiger partial charge in [-0.2, -0.15) is 0 Å². The minimum absolute atomic E-state index is 0.214. The molecule has 0 aromatic heterocycles. The Balaban J connectivity index is 2.29. The SMILES string of the molecule is CCC(O)(CC)CNC(=O)NCCc1ccccc1F. The van der Waals surface area contributed by atoms with Crippen molar-refractivity contribution in [1.82, 2.24) is 10.6 Å². The second-order valence-corrected chi connectivity index (χ2v) is 4.88. The zero-order chi connectivity index (χ0) is 15.0. The first kappa shape index (κ1) is 16.4. The number of urea groups is 1. The average molecular weight is 282 g/mol. The van der Waals surface area contributed by atoms with E-state index < -0.39 is 5.60 Å². The second-order valence-electron chi connectivity index (χ2n) is 4.88. The molecule has 2 amide bonds. The Hall–Kier alpha value is -1.62. The predicted molar refractivity (Wildman–Crippen MR) is 77.0 cm³/mol. The van der Waals surface area contributed by atoms with Crippen molar-refractivity contribution in [3.05, 3.63) is 35.6 Å². The summed E-state index contributed by atoms with van der Waals surface area (Å²) in [5.74, 6) is -0.263. The van der Waals surface area contributed by atoms with Gasteiger partial charge in [-0.3, -0.25) is 0 Å². The maximum absolute atomic E-state index is 13.3. The largest absolute Gasteiger partial charge is 0.388 e. The lowest BCUT2D eigenvalue weighted by molar-refractivity contribution is 0.0349. The van der Waals surface area contributed by atoms with Gasteiger partial charge >= 0.3 is 6.03 Å². The van der Waals surface area contributed by atoms with E-state index >= 15 is 0 Å². The van der Waals surface area contributed by atoms with Crippen molar-refractivity contribution < 1.29 is 14.3 Å². The molecule has 0 atom stereocenters. The highest BCUT2D eigenvalue weighted by Crippen LogP contribution is 2.12. The number of hydrogen-bond donors (Lipinski definition) is 3. The average Bonchev–Trinajstić information content (AvgIpc) is 2.47. The summed E-state index contributed by atoms with van der Waals surface area (Å²) in [6.45, 7) is 4.32. The molecule has 5 heteroatoms. The van der Waals surface area contributed by atoms with E-state index in [1.165, 1.54) is 6.07 Å². The minimum Gasteiger partial charge on any atom is -0.388 e. The van der Waals surface area contributed by atoms with Crippen molar-refractivity contribution in [1.29, 1.82) is 0 Å². The number of aliphatic hydroxyl groups is 1. The van der Waals surface area contributed by atoms with Gasteiger partial charge in [0.25, 0.3) is 0 Å². The molecule has 0 radical (unpaired) electrons. The fourth-order valence-corrected chi connectivity index (χ4v) is 1.82. The molecule has 20 heavy (non-hydrogen) atoms. The standard InChI is InChI=1S/C15H23FN2O2/c1-3-15(20,4-2)11-18-14(19)17-10-9-12-7-5-6-8-13(12)16/h5-8,20H,3-4,9-11H2,1-2H3,(H2,17,18,19). The first-order valence-corrected chi connectivity index (χ1v) is 6.98. The fraction of sp³-hybridized carbons (Fsp3) is 0.533. The molecule has 112 valence electrons. The third-order valence-electron chi connectivity index (χ3n) is 3.53. The van der Waals surface area contributed by atoms with Gasteiger partial charge in [0.05, 0.1) is 5.60 Å². The van der Waals surface area contributed by atoms with Crippen LogP contribution >= 0.6 is 0 Å². The minimum atomic E-state index is -0.858. The lowest BCUT2D eigenvalue weighted by Crippen LogP contribution is -2.46. The quantitative estimate of drug-likeness (QED) is 0.718. The number of rotatable bonds is 7. The van der Waals surface area contributed by atoms with E-state index in [4.69, 9.17) is 0 Å². The molecule has 1 rings (SSSR count). The molecule has 0 saturated carbocycles. The van der Waals surface area contributed by atoms with Crippen LogP contribution in [-0.2, 0) is 6.42 Å². The third-order valence-corrected chi connectivity index (χ3v) is 3.53. The molecule has 0 fully saturated rings. The zero-order valence-electron chi connectivity index (χ0n) is 12.1. The maximum Gasteiger partial charge on any atom is 0.314 e. The van der Waals surface area contributed by atoms with Crippen LogP contribution in [-0.4, -0.2) is 29.8 Å². The van der Waals surface area contributed by atoms with Crippen molar-refractivity contribution >= 4 is 6.03 Å². The van der Waals surface area contributed by atoms with Gasteiger partial charge in [0.15, 0.2) is 0 Å². The number of amides is 2. The number of nitrogens with one attached hydrogen (secondary N) is 2. The molecule has 1 aromatic rings. The summed E-state index contributed by atoms with van der Waals surface area (Å²) in [6, 6.07) is 6.15. The summed E-state index contributed by atoms with van der Waals surface area (Å²) in [7, 11) is 0. The Morgan fingerprint density at radius 3 is 2.50 bits per heavy atom. The van der Waals surface area contributed by atoms with Gasteiger partial charge in [-0.05, 0) is 30.9 Å². The Labute approximate surface area is 119 Å². The van der Waals surface area contributed by atoms with Crippen molar-refractivity contribution in [2.75, 3.05) is 13.1 Å². The van der Waals surface area contributed by atoms with Gasteiger partial charge in [-0.15, -0.1) is 0 Å². The summed E-state index contributed by atoms with van der Waals surface area (Å²) in [4.78, 5) is 11.6. The van der Waals surface area contributed by atoms with Crippen molar-refractivity contribution in [3.63, 3.8) is 0 Å². The highest BCUT2D eigenvalue weighted by molar-refractivity contribution is 5.73. The van der Waals surface area contributed by atoms with Crippen LogP contribution in [0.5, 0.6) is 0 Å². The number of carbonyl (C=O) groups excluding carboxylic acids is 1. The molecular weight excluding hydrogens is 259 g/mol. The van der Waals surface area contributed by atoms with E-state index in [0.29, 0.717) is 31.4 Å². The number of benzene rings is 1. The van der Waals surface area contributed by atoms with Crippen LogP contribution in [0.4, 0.5) is 9.18 Å². The van der Waals surface area contributed by atoms with Crippen LogP contribution in [0.2, 0.25) is 0 Å². The molecule has 0 spiro atoms. The summed E-state index contributed by atoms with van der Waals surface area (Å²) in [5.41, 5.74) is -0.283. The second kappa shape index (κ2) is 7.85. The van der Waals surface area contributed by atoms with Gasteiger partial charge in [0.2, 0.25) is 0 Å². The Morgan fingerprint density at radius 2 is 1.90 bits per heavy atom. The van der Waals surface area contributed by atoms with Gasteiger partial charge in [0.1, 0.15) is 5.82 Å². The van der Waals surface area contributed by atoms with Crippen LogP contribution in [0.15, 0.2) is 24.3 Å². The maximum atomic E-state index is 13.3. The molecule has 0 unspecified atom stereocenters. The van der Waals surface area contributed by atoms with E-state index in [-0.39, 0.29) is 18.4 Å². The molecule has 0 heterocycles. The highest BCUT2D eigenvalue weighted by Gasteiger charge is 2.22. The normalized spacial score (nSPS) is 11.2. The van der Waals surface area contributed by atoms with Crippen LogP contribution in [0.25, 0.3) is 0 Å². The lowest BCUT2D eigenvalue weighted by atomic mass is 9.98. The number of hydrogen-bond acceptors (Lipinski definition) is 2. The van der Waals surface area contributed by atoms with E-state index in [9.17, 15) is 14.3 Å². The van der Waals surface area contributed by atoms with E-state index in [1.54, 1.807) is 18.2 Å². The molecule has 0 bridgehead atoms. The summed E-state index contributed by atoms with van der Waals surface area (Å²) in [5, 5.41) is 15.3. The number of carbonyl (C=O) groups is 1. The lowest BCUT2D eigenvalue weighted by Gasteiger charge is -2.25. The molecule has 0 aliphatic carbocycles. The van der Waals surface area contributed by atoms with Gasteiger partial charge in [-0.1, -0.05) is 32.0 Å². The first-order chi connectivity index (χ1) is 9.50. The number of halogens is 1. The molecule has 3 N–H and O–H groups in total. The monoisotopic (exact) mass is 282 g/mol. The van der Waals surface area contributed by atoms with Crippen molar-refractivity contribution in [3.8, 4) is 0 Å². The summed E-state index contributed by atoms with van der Waals surface area (Å²) in [6.07, 6.45) is 1.60. The molecule has 1 aromatic carbocycles. The summed E-state index contributed by atoms with van der Waals surface area (Å²) >= 11 is 0. The molecule has 0 saturated heterocycles. The zero-order valence-corrected chi connectivity index (χ0v) is 12.1. The first-order valence-electron chi connectivity index (χ1n) is 6.98. The molecule has 4 nitrogen and oxygen atoms in total. The van der Waals surface area contributed by atoms with E-state index in [2.05, 4.69) is 10.6 Å². The van der Waals surface area contributed by atoms with Crippen molar-refractivity contribution in [2.24, 2.45) is 0 Å². The van der Waals surface area contributed by atoms with Gasteiger partial charge in [0, 0.05) is 13.1 Å². The Morgan fingerprint density at radius 1 is 1.25 bits per heavy atom. The molecular formula is C15H23FN2O2. The van der Waals surface area contributed by atoms with Crippen molar-refractivity contribution in [2.45, 2.75) is 38.7 Å². The topological polar surface area (TPSA) is 61.4 Å². The van der Waals surface area contributed by atoms with Crippen LogP contribution < -0.4 is 10.6 Å². The van der Waals surface area contributed by atoms with Crippen LogP contribution in [0.3, 0.4) is 0 Å². The fourth-order valence-electron chi connectivity index (χ4n) is 1.82. The van der Waals surface area contributed by atoms with Gasteiger partial charge < -0.3 is 15.7 Å². The Bertz CT molecular complexity index is 434. The molecule has 0 aliphatic heterocycles. The van der Waals surface area contributed by atoms with E-state index in [1.807, 2.05) is 13.8 Å².